The molecule has 3 heterocycles. The summed E-state index contributed by atoms with van der Waals surface area (Å²) in [5, 5.41) is 0.172. The van der Waals surface area contributed by atoms with Gasteiger partial charge in [-0.3, -0.25) is 4.90 Å². The summed E-state index contributed by atoms with van der Waals surface area (Å²) in [6.07, 6.45) is 8.27. The van der Waals surface area contributed by atoms with Crippen LogP contribution in [0.25, 0.3) is 0 Å². The molecule has 2 fully saturated rings. The average molecular weight is 326 g/mol. The number of imidazole rings is 1. The van der Waals surface area contributed by atoms with Gasteiger partial charge in [-0.2, -0.15) is 4.31 Å². The van der Waals surface area contributed by atoms with Gasteiger partial charge >= 0.3 is 0 Å². The molecule has 22 heavy (non-hydrogen) atoms. The van der Waals surface area contributed by atoms with Crippen LogP contribution in [0.4, 0.5) is 0 Å². The second kappa shape index (κ2) is 5.62. The number of likely N-dealkylation sites (tertiary alicyclic amines) is 1. The number of hydrogen-bond acceptors (Lipinski definition) is 4. The van der Waals surface area contributed by atoms with Gasteiger partial charge in [-0.15, -0.1) is 0 Å². The zero-order valence-corrected chi connectivity index (χ0v) is 14.5. The standard InChI is InChI=1S/C15H26N4O2S/c1-15-8-6-10-19(13(15)7-4-5-9-18(15)3)22(20,21)14-11-17(2)12-16-14/h11-13H,4-10H2,1-3H3/t13-,15-/m0/s1. The summed E-state index contributed by atoms with van der Waals surface area (Å²) in [7, 11) is 0.417. The van der Waals surface area contributed by atoms with Crippen LogP contribution in [0.3, 0.4) is 0 Å². The van der Waals surface area contributed by atoms with Crippen molar-refractivity contribution >= 4 is 10.0 Å². The third kappa shape index (κ3) is 2.49. The van der Waals surface area contributed by atoms with Crippen LogP contribution in [0.1, 0.15) is 39.0 Å². The Kier molecular flexibility index (Phi) is 4.07. The minimum atomic E-state index is -3.51. The van der Waals surface area contributed by atoms with Gasteiger partial charge in [0.1, 0.15) is 0 Å². The Hall–Kier alpha value is -0.920. The van der Waals surface area contributed by atoms with Gasteiger partial charge in [-0.05, 0) is 46.2 Å². The molecule has 2 saturated heterocycles. The number of piperidine rings is 1. The Morgan fingerprint density at radius 2 is 2.00 bits per heavy atom. The fourth-order valence-corrected chi connectivity index (χ4v) is 5.75. The van der Waals surface area contributed by atoms with E-state index in [-0.39, 0.29) is 16.6 Å². The molecule has 3 rings (SSSR count). The summed E-state index contributed by atoms with van der Waals surface area (Å²) < 4.78 is 29.5. The number of aromatic nitrogens is 2. The molecular formula is C15H26N4O2S. The van der Waals surface area contributed by atoms with E-state index in [9.17, 15) is 8.42 Å². The van der Waals surface area contributed by atoms with Gasteiger partial charge in [-0.1, -0.05) is 6.42 Å². The highest BCUT2D eigenvalue weighted by atomic mass is 32.2. The fraction of sp³-hybridized carbons (Fsp3) is 0.800. The van der Waals surface area contributed by atoms with E-state index < -0.39 is 10.0 Å². The van der Waals surface area contributed by atoms with Crippen molar-refractivity contribution in [1.29, 1.82) is 0 Å². The van der Waals surface area contributed by atoms with E-state index in [1.54, 1.807) is 28.4 Å². The van der Waals surface area contributed by atoms with Crippen molar-refractivity contribution in [2.45, 2.75) is 55.6 Å². The molecule has 2 atom stereocenters. The molecular weight excluding hydrogens is 300 g/mol. The number of nitrogens with zero attached hydrogens (tertiary/aromatic N) is 4. The summed E-state index contributed by atoms with van der Waals surface area (Å²) in [5.41, 5.74) is -0.0728. The van der Waals surface area contributed by atoms with Crippen molar-refractivity contribution in [2.75, 3.05) is 20.1 Å². The Morgan fingerprint density at radius 1 is 1.23 bits per heavy atom. The molecule has 7 heteroatoms. The monoisotopic (exact) mass is 326 g/mol. The van der Waals surface area contributed by atoms with Crippen LogP contribution in [-0.2, 0) is 17.1 Å². The Morgan fingerprint density at radius 3 is 2.68 bits per heavy atom. The molecule has 0 bridgehead atoms. The molecule has 0 radical (unpaired) electrons. The van der Waals surface area contributed by atoms with Crippen LogP contribution in [0.2, 0.25) is 0 Å². The topological polar surface area (TPSA) is 58.4 Å². The van der Waals surface area contributed by atoms with Crippen LogP contribution in [0.5, 0.6) is 0 Å². The van der Waals surface area contributed by atoms with Gasteiger partial charge in [0.15, 0.2) is 5.03 Å². The Bertz CT molecular complexity index is 642. The highest BCUT2D eigenvalue weighted by molar-refractivity contribution is 7.89. The third-order valence-corrected chi connectivity index (χ3v) is 7.27. The predicted octanol–water partition coefficient (Wildman–Crippen LogP) is 1.45. The summed E-state index contributed by atoms with van der Waals surface area (Å²) in [5.74, 6) is 0. The SMILES string of the molecule is CN1CCCC[C@@H]2N(S(=O)(=O)c3cn(C)cn3)CCC[C@@]21C. The van der Waals surface area contributed by atoms with Crippen molar-refractivity contribution in [3.63, 3.8) is 0 Å². The van der Waals surface area contributed by atoms with Gasteiger partial charge in [-0.25, -0.2) is 13.4 Å². The van der Waals surface area contributed by atoms with Gasteiger partial charge in [0.25, 0.3) is 10.0 Å². The summed E-state index contributed by atoms with van der Waals surface area (Å²) >= 11 is 0. The second-order valence-electron chi connectivity index (χ2n) is 6.89. The molecule has 0 unspecified atom stereocenters. The van der Waals surface area contributed by atoms with E-state index in [4.69, 9.17) is 0 Å². The summed E-state index contributed by atoms with van der Waals surface area (Å²) in [4.78, 5) is 6.45. The number of likely N-dealkylation sites (N-methyl/N-ethyl adjacent to an activating group) is 1. The number of fused-ring (bicyclic) bond motifs is 1. The number of aryl methyl sites for hydroxylation is 1. The number of rotatable bonds is 2. The molecule has 2 aliphatic heterocycles. The lowest BCUT2D eigenvalue weighted by atomic mass is 9.81. The van der Waals surface area contributed by atoms with Crippen LogP contribution in [0.15, 0.2) is 17.6 Å². The van der Waals surface area contributed by atoms with Crippen LogP contribution >= 0.6 is 0 Å². The third-order valence-electron chi connectivity index (χ3n) is 5.47. The lowest BCUT2D eigenvalue weighted by Crippen LogP contribution is -2.62. The molecule has 0 saturated carbocycles. The van der Waals surface area contributed by atoms with Crippen molar-refractivity contribution < 1.29 is 8.42 Å². The van der Waals surface area contributed by atoms with Crippen LogP contribution < -0.4 is 0 Å². The molecule has 0 spiro atoms. The van der Waals surface area contributed by atoms with Gasteiger partial charge in [0, 0.05) is 31.4 Å². The first-order valence-corrected chi connectivity index (χ1v) is 9.51. The number of hydrogen-bond donors (Lipinski definition) is 0. The highest BCUT2D eigenvalue weighted by Gasteiger charge is 2.48. The maximum absolute atomic E-state index is 13.0. The molecule has 2 aliphatic rings. The molecule has 0 N–H and O–H groups in total. The molecule has 124 valence electrons. The summed E-state index contributed by atoms with van der Waals surface area (Å²) in [6.45, 7) is 3.88. The van der Waals surface area contributed by atoms with Crippen molar-refractivity contribution in [3.05, 3.63) is 12.5 Å². The molecule has 6 nitrogen and oxygen atoms in total. The smallest absolute Gasteiger partial charge is 0.262 e. The Balaban J connectivity index is 1.99. The van der Waals surface area contributed by atoms with Crippen molar-refractivity contribution in [3.8, 4) is 0 Å². The molecule has 0 amide bonds. The largest absolute Gasteiger partial charge is 0.339 e. The molecule has 0 aliphatic carbocycles. The average Bonchev–Trinajstić information content (AvgIpc) is 2.85. The van der Waals surface area contributed by atoms with Gasteiger partial charge < -0.3 is 4.57 Å². The zero-order chi connectivity index (χ0) is 16.0. The lowest BCUT2D eigenvalue weighted by molar-refractivity contribution is 0.0299. The van der Waals surface area contributed by atoms with E-state index in [1.807, 2.05) is 0 Å². The zero-order valence-electron chi connectivity index (χ0n) is 13.7. The first kappa shape index (κ1) is 16.0. The molecule has 0 aromatic carbocycles. The first-order valence-electron chi connectivity index (χ1n) is 8.07. The van der Waals surface area contributed by atoms with E-state index in [2.05, 4.69) is 23.9 Å². The van der Waals surface area contributed by atoms with Crippen molar-refractivity contribution in [1.82, 2.24) is 18.8 Å². The number of sulfonamides is 1. The van der Waals surface area contributed by atoms with Crippen LogP contribution in [-0.4, -0.2) is 58.9 Å². The fourth-order valence-electron chi connectivity index (χ4n) is 4.00. The maximum Gasteiger partial charge on any atom is 0.262 e. The van der Waals surface area contributed by atoms with Gasteiger partial charge in [0.2, 0.25) is 0 Å². The highest BCUT2D eigenvalue weighted by Crippen LogP contribution is 2.39. The first-order chi connectivity index (χ1) is 10.4. The lowest BCUT2D eigenvalue weighted by Gasteiger charge is -2.50. The normalized spacial score (nSPS) is 31.7. The van der Waals surface area contributed by atoms with Crippen LogP contribution in [0, 0.1) is 0 Å². The molecule has 1 aromatic rings. The minimum absolute atomic E-state index is 0.0424. The minimum Gasteiger partial charge on any atom is -0.339 e. The molecule has 1 aromatic heterocycles. The van der Waals surface area contributed by atoms with Crippen molar-refractivity contribution in [2.24, 2.45) is 7.05 Å². The Labute approximate surface area is 133 Å². The van der Waals surface area contributed by atoms with E-state index in [0.29, 0.717) is 6.54 Å². The van der Waals surface area contributed by atoms with Gasteiger partial charge in [0.05, 0.1) is 6.33 Å². The second-order valence-corrected chi connectivity index (χ2v) is 8.72. The predicted molar refractivity (Wildman–Crippen MR) is 85.0 cm³/mol. The maximum atomic E-state index is 13.0. The van der Waals surface area contributed by atoms with E-state index in [0.717, 1.165) is 38.6 Å². The van der Waals surface area contributed by atoms with E-state index in [1.165, 1.54) is 0 Å². The summed E-state index contributed by atoms with van der Waals surface area (Å²) in [6, 6.07) is 0.0424. The quantitative estimate of drug-likeness (QED) is 0.825. The van der Waals surface area contributed by atoms with E-state index >= 15 is 0 Å².